The van der Waals surface area contributed by atoms with Gasteiger partial charge in [-0.1, -0.05) is 25.1 Å². The van der Waals surface area contributed by atoms with Gasteiger partial charge in [-0.3, -0.25) is 0 Å². The molecule has 0 saturated carbocycles. The van der Waals surface area contributed by atoms with Gasteiger partial charge in [0.15, 0.2) is 0 Å². The molecule has 4 heteroatoms. The molecule has 1 atom stereocenters. The molecule has 0 aliphatic rings. The van der Waals surface area contributed by atoms with Gasteiger partial charge in [-0.15, -0.1) is 0 Å². The van der Waals surface area contributed by atoms with Crippen molar-refractivity contribution >= 4 is 33.6 Å². The van der Waals surface area contributed by atoms with Crippen LogP contribution in [0.3, 0.4) is 0 Å². The minimum Gasteiger partial charge on any atom is -0.467 e. The number of esters is 1. The number of methoxy groups -OCH3 is 1. The van der Waals surface area contributed by atoms with Crippen molar-refractivity contribution in [2.24, 2.45) is 0 Å². The van der Waals surface area contributed by atoms with E-state index in [-0.39, 0.29) is 12.0 Å². The van der Waals surface area contributed by atoms with Crippen LogP contribution in [0.5, 0.6) is 0 Å². The van der Waals surface area contributed by atoms with Gasteiger partial charge in [0.05, 0.1) is 7.11 Å². The minimum atomic E-state index is -0.342. The van der Waals surface area contributed by atoms with Crippen molar-refractivity contribution in [2.45, 2.75) is 19.4 Å². The summed E-state index contributed by atoms with van der Waals surface area (Å²) in [4.78, 5) is 11.7. The zero-order valence-electron chi connectivity index (χ0n) is 12.1. The van der Waals surface area contributed by atoms with Crippen LogP contribution in [0.4, 0.5) is 5.69 Å². The molecular formula is C17H17NO3. The molecule has 0 saturated heterocycles. The van der Waals surface area contributed by atoms with Crippen LogP contribution >= 0.6 is 0 Å². The summed E-state index contributed by atoms with van der Waals surface area (Å²) in [6.45, 7) is 1.94. The predicted octanol–water partition coefficient (Wildman–Crippen LogP) is 3.95. The molecule has 108 valence electrons. The topological polar surface area (TPSA) is 51.5 Å². The first-order valence-electron chi connectivity index (χ1n) is 6.98. The van der Waals surface area contributed by atoms with Crippen LogP contribution in [0, 0.1) is 0 Å². The zero-order valence-corrected chi connectivity index (χ0v) is 12.1. The van der Waals surface area contributed by atoms with Crippen LogP contribution < -0.4 is 5.32 Å². The molecule has 0 bridgehead atoms. The number of anilines is 1. The first-order valence-corrected chi connectivity index (χ1v) is 6.98. The zero-order chi connectivity index (χ0) is 14.8. The smallest absolute Gasteiger partial charge is 0.328 e. The Morgan fingerprint density at radius 3 is 2.71 bits per heavy atom. The number of hydrogen-bond donors (Lipinski definition) is 1. The lowest BCUT2D eigenvalue weighted by molar-refractivity contribution is -0.141. The van der Waals surface area contributed by atoms with Gasteiger partial charge in [-0.05, 0) is 30.7 Å². The molecule has 3 rings (SSSR count). The number of fused-ring (bicyclic) bond motifs is 3. The first-order chi connectivity index (χ1) is 10.2. The molecule has 0 aliphatic heterocycles. The maximum atomic E-state index is 11.7. The van der Waals surface area contributed by atoms with E-state index in [0.29, 0.717) is 6.42 Å². The predicted molar refractivity (Wildman–Crippen MR) is 83.4 cm³/mol. The van der Waals surface area contributed by atoms with Gasteiger partial charge in [-0.2, -0.15) is 0 Å². The van der Waals surface area contributed by atoms with Crippen molar-refractivity contribution in [3.05, 3.63) is 42.5 Å². The van der Waals surface area contributed by atoms with E-state index in [1.54, 1.807) is 0 Å². The molecule has 2 aromatic carbocycles. The van der Waals surface area contributed by atoms with Gasteiger partial charge in [0, 0.05) is 16.5 Å². The molecule has 0 amide bonds. The summed E-state index contributed by atoms with van der Waals surface area (Å²) >= 11 is 0. The number of carbonyl (C=O) groups excluding carboxylic acids is 1. The molecule has 0 radical (unpaired) electrons. The highest BCUT2D eigenvalue weighted by Crippen LogP contribution is 2.30. The maximum Gasteiger partial charge on any atom is 0.328 e. The SMILES string of the molecule is CCC(Nc1ccc2oc3ccccc3c2c1)C(=O)OC. The fourth-order valence-corrected chi connectivity index (χ4v) is 2.49. The Bertz CT molecular complexity index is 791. The normalized spacial score (nSPS) is 12.5. The Kier molecular flexibility index (Phi) is 3.52. The number of carbonyl (C=O) groups is 1. The van der Waals surface area contributed by atoms with E-state index in [9.17, 15) is 4.79 Å². The number of furan rings is 1. The summed E-state index contributed by atoms with van der Waals surface area (Å²) in [7, 11) is 1.40. The van der Waals surface area contributed by atoms with E-state index in [1.165, 1.54) is 7.11 Å². The molecular weight excluding hydrogens is 266 g/mol. The van der Waals surface area contributed by atoms with Crippen molar-refractivity contribution in [1.82, 2.24) is 0 Å². The number of nitrogens with one attached hydrogen (secondary N) is 1. The van der Waals surface area contributed by atoms with Gasteiger partial charge in [0.2, 0.25) is 0 Å². The summed E-state index contributed by atoms with van der Waals surface area (Å²) < 4.78 is 10.6. The summed E-state index contributed by atoms with van der Waals surface area (Å²) in [5, 5.41) is 5.32. The Hall–Kier alpha value is -2.49. The Morgan fingerprint density at radius 2 is 1.95 bits per heavy atom. The summed E-state index contributed by atoms with van der Waals surface area (Å²) in [5.41, 5.74) is 2.59. The second kappa shape index (κ2) is 5.48. The van der Waals surface area contributed by atoms with Gasteiger partial charge in [0.1, 0.15) is 17.2 Å². The molecule has 1 unspecified atom stereocenters. The first kappa shape index (κ1) is 13.5. The van der Waals surface area contributed by atoms with Crippen molar-refractivity contribution in [3.8, 4) is 0 Å². The number of rotatable bonds is 4. The van der Waals surface area contributed by atoms with Crippen molar-refractivity contribution < 1.29 is 13.9 Å². The Labute approximate surface area is 122 Å². The van der Waals surface area contributed by atoms with Crippen LogP contribution in [0.25, 0.3) is 21.9 Å². The highest BCUT2D eigenvalue weighted by Gasteiger charge is 2.17. The van der Waals surface area contributed by atoms with Crippen LogP contribution in [0.2, 0.25) is 0 Å². The molecule has 0 aliphatic carbocycles. The van der Waals surface area contributed by atoms with E-state index in [2.05, 4.69) is 5.32 Å². The summed E-state index contributed by atoms with van der Waals surface area (Å²) in [6, 6.07) is 13.4. The number of benzene rings is 2. The van der Waals surface area contributed by atoms with E-state index in [1.807, 2.05) is 49.4 Å². The third-order valence-electron chi connectivity index (χ3n) is 3.61. The summed E-state index contributed by atoms with van der Waals surface area (Å²) in [5.74, 6) is -0.255. The highest BCUT2D eigenvalue weighted by molar-refractivity contribution is 6.06. The van der Waals surface area contributed by atoms with E-state index in [0.717, 1.165) is 27.6 Å². The molecule has 1 aromatic heterocycles. The van der Waals surface area contributed by atoms with E-state index < -0.39 is 0 Å². The Balaban J connectivity index is 2.00. The van der Waals surface area contributed by atoms with Gasteiger partial charge in [-0.25, -0.2) is 4.79 Å². The lowest BCUT2D eigenvalue weighted by atomic mass is 10.1. The third-order valence-corrected chi connectivity index (χ3v) is 3.61. The molecule has 21 heavy (non-hydrogen) atoms. The average molecular weight is 283 g/mol. The monoisotopic (exact) mass is 283 g/mol. The molecule has 3 aromatic rings. The highest BCUT2D eigenvalue weighted by atomic mass is 16.5. The van der Waals surface area contributed by atoms with Crippen LogP contribution in [-0.4, -0.2) is 19.1 Å². The molecule has 1 N–H and O–H groups in total. The Morgan fingerprint density at radius 1 is 1.19 bits per heavy atom. The lowest BCUT2D eigenvalue weighted by Crippen LogP contribution is -2.29. The largest absolute Gasteiger partial charge is 0.467 e. The second-order valence-corrected chi connectivity index (χ2v) is 4.94. The van der Waals surface area contributed by atoms with Gasteiger partial charge >= 0.3 is 5.97 Å². The molecule has 0 fully saturated rings. The number of hydrogen-bond acceptors (Lipinski definition) is 4. The van der Waals surface area contributed by atoms with Gasteiger partial charge in [0.25, 0.3) is 0 Å². The standard InChI is InChI=1S/C17H17NO3/c1-3-14(17(19)20-2)18-11-8-9-16-13(10-11)12-6-4-5-7-15(12)21-16/h4-10,14,18H,3H2,1-2H3. The van der Waals surface area contributed by atoms with E-state index in [4.69, 9.17) is 9.15 Å². The number of para-hydroxylation sites is 1. The quantitative estimate of drug-likeness (QED) is 0.737. The number of ether oxygens (including phenoxy) is 1. The lowest BCUT2D eigenvalue weighted by Gasteiger charge is -2.15. The van der Waals surface area contributed by atoms with Crippen LogP contribution in [0.1, 0.15) is 13.3 Å². The average Bonchev–Trinajstić information content (AvgIpc) is 2.90. The third kappa shape index (κ3) is 2.44. The van der Waals surface area contributed by atoms with Crippen molar-refractivity contribution in [2.75, 3.05) is 12.4 Å². The minimum absolute atomic E-state index is 0.255. The second-order valence-electron chi connectivity index (χ2n) is 4.94. The fourth-order valence-electron chi connectivity index (χ4n) is 2.49. The van der Waals surface area contributed by atoms with Crippen molar-refractivity contribution in [1.29, 1.82) is 0 Å². The van der Waals surface area contributed by atoms with Gasteiger partial charge < -0.3 is 14.5 Å². The summed E-state index contributed by atoms with van der Waals surface area (Å²) in [6.07, 6.45) is 0.664. The fraction of sp³-hybridized carbons (Fsp3) is 0.235. The molecule has 1 heterocycles. The maximum absolute atomic E-state index is 11.7. The van der Waals surface area contributed by atoms with E-state index >= 15 is 0 Å². The van der Waals surface area contributed by atoms with Crippen LogP contribution in [-0.2, 0) is 9.53 Å². The van der Waals surface area contributed by atoms with Crippen molar-refractivity contribution in [3.63, 3.8) is 0 Å². The molecule has 4 nitrogen and oxygen atoms in total. The molecule has 0 spiro atoms. The van der Waals surface area contributed by atoms with Crippen LogP contribution in [0.15, 0.2) is 46.9 Å².